The predicted octanol–water partition coefficient (Wildman–Crippen LogP) is 2.44. The molecule has 0 bridgehead atoms. The van der Waals surface area contributed by atoms with Crippen LogP contribution in [0.1, 0.15) is 46.0 Å². The lowest BCUT2D eigenvalue weighted by Gasteiger charge is -2.09. The maximum Gasteiger partial charge on any atom is 0.207 e. The van der Waals surface area contributed by atoms with Gasteiger partial charge in [0.15, 0.2) is 0 Å². The van der Waals surface area contributed by atoms with Crippen LogP contribution in [-0.4, -0.2) is 17.3 Å². The highest BCUT2D eigenvalue weighted by Crippen LogP contribution is 2.14. The Kier molecular flexibility index (Phi) is 6.98. The quantitative estimate of drug-likeness (QED) is 0.344. The molecule has 0 rings (SSSR count). The van der Waals surface area contributed by atoms with Crippen molar-refractivity contribution in [2.24, 2.45) is 5.92 Å². The van der Waals surface area contributed by atoms with Gasteiger partial charge in [0, 0.05) is 17.3 Å². The Morgan fingerprint density at radius 1 is 1.43 bits per heavy atom. The molecular formula is C10H19NO3. The number of carbonyl (C=O) groups excluding carboxylic acids is 1. The highest BCUT2D eigenvalue weighted by atomic mass is 16.6. The van der Waals surface area contributed by atoms with Crippen LogP contribution in [0.3, 0.4) is 0 Å². The first-order valence-corrected chi connectivity index (χ1v) is 5.17. The van der Waals surface area contributed by atoms with Gasteiger partial charge in [0.25, 0.3) is 0 Å². The lowest BCUT2D eigenvalue weighted by Crippen LogP contribution is -2.17. The lowest BCUT2D eigenvalue weighted by molar-refractivity contribution is -0.488. The molecule has 0 aliphatic carbocycles. The average molecular weight is 201 g/mol. The van der Waals surface area contributed by atoms with Crippen molar-refractivity contribution in [3.05, 3.63) is 10.1 Å². The third-order valence-corrected chi connectivity index (χ3v) is 2.20. The smallest absolute Gasteiger partial charge is 0.207 e. The number of hydrogen-bond acceptors (Lipinski definition) is 3. The zero-order valence-corrected chi connectivity index (χ0v) is 8.99. The standard InChI is InChI=1S/C10H19NO3/c1-3-4-5-6-10(7-9(2)12)8-11(13)14/h10H,3-8H2,1-2H3/t10-/m0/s1. The molecular weight excluding hydrogens is 182 g/mol. The molecule has 0 aliphatic rings. The van der Waals surface area contributed by atoms with Gasteiger partial charge in [-0.25, -0.2) is 0 Å². The number of unbranched alkanes of at least 4 members (excludes halogenated alkanes) is 2. The molecule has 0 aromatic heterocycles. The molecule has 0 amide bonds. The molecule has 1 atom stereocenters. The van der Waals surface area contributed by atoms with Crippen LogP contribution in [0.5, 0.6) is 0 Å². The Labute approximate surface area is 84.8 Å². The van der Waals surface area contributed by atoms with Crippen molar-refractivity contribution in [1.82, 2.24) is 0 Å². The van der Waals surface area contributed by atoms with Crippen LogP contribution in [0.15, 0.2) is 0 Å². The van der Waals surface area contributed by atoms with Gasteiger partial charge in [-0.2, -0.15) is 0 Å². The van der Waals surface area contributed by atoms with Gasteiger partial charge in [-0.1, -0.05) is 26.2 Å². The number of rotatable bonds is 8. The van der Waals surface area contributed by atoms with E-state index in [2.05, 4.69) is 6.92 Å². The minimum Gasteiger partial charge on any atom is -0.300 e. The van der Waals surface area contributed by atoms with Gasteiger partial charge in [-0.05, 0) is 13.3 Å². The number of nitrogens with zero attached hydrogens (tertiary/aromatic N) is 1. The molecule has 0 fully saturated rings. The van der Waals surface area contributed by atoms with Crippen molar-refractivity contribution in [2.45, 2.75) is 46.0 Å². The van der Waals surface area contributed by atoms with Crippen LogP contribution >= 0.6 is 0 Å². The average Bonchev–Trinajstić information content (AvgIpc) is 2.02. The lowest BCUT2D eigenvalue weighted by atomic mass is 9.96. The van der Waals surface area contributed by atoms with Gasteiger partial charge in [0.2, 0.25) is 6.54 Å². The molecule has 0 spiro atoms. The first-order valence-electron chi connectivity index (χ1n) is 5.17. The van der Waals surface area contributed by atoms with E-state index in [4.69, 9.17) is 0 Å². The highest BCUT2D eigenvalue weighted by molar-refractivity contribution is 5.75. The molecule has 0 unspecified atom stereocenters. The Bertz CT molecular complexity index is 176. The van der Waals surface area contributed by atoms with Crippen LogP contribution < -0.4 is 0 Å². The predicted molar refractivity (Wildman–Crippen MR) is 54.8 cm³/mol. The fourth-order valence-corrected chi connectivity index (χ4v) is 1.56. The molecule has 0 aromatic rings. The van der Waals surface area contributed by atoms with E-state index in [1.54, 1.807) is 0 Å². The van der Waals surface area contributed by atoms with Crippen molar-refractivity contribution in [3.63, 3.8) is 0 Å². The first kappa shape index (κ1) is 13.1. The normalized spacial score (nSPS) is 12.4. The van der Waals surface area contributed by atoms with Crippen molar-refractivity contribution in [3.8, 4) is 0 Å². The second-order valence-corrected chi connectivity index (χ2v) is 3.78. The number of Topliss-reactive ketones (excluding diaryl/α,β-unsaturated/α-hetero) is 1. The highest BCUT2D eigenvalue weighted by Gasteiger charge is 2.16. The van der Waals surface area contributed by atoms with Crippen LogP contribution in [0.25, 0.3) is 0 Å². The second-order valence-electron chi connectivity index (χ2n) is 3.78. The minimum absolute atomic E-state index is 0.0494. The van der Waals surface area contributed by atoms with Gasteiger partial charge in [-0.15, -0.1) is 0 Å². The molecule has 4 nitrogen and oxygen atoms in total. The summed E-state index contributed by atoms with van der Waals surface area (Å²) in [5, 5.41) is 10.3. The summed E-state index contributed by atoms with van der Waals surface area (Å²) in [4.78, 5) is 20.8. The van der Waals surface area contributed by atoms with Gasteiger partial charge in [0.1, 0.15) is 5.78 Å². The van der Waals surface area contributed by atoms with Crippen molar-refractivity contribution >= 4 is 5.78 Å². The van der Waals surface area contributed by atoms with Crippen LogP contribution in [0, 0.1) is 16.0 Å². The first-order chi connectivity index (χ1) is 6.56. The summed E-state index contributed by atoms with van der Waals surface area (Å²) in [6.45, 7) is 3.52. The molecule has 0 saturated carbocycles. The molecule has 0 saturated heterocycles. The molecule has 0 aliphatic heterocycles. The number of ketones is 1. The number of nitro groups is 1. The molecule has 4 heteroatoms. The largest absolute Gasteiger partial charge is 0.300 e. The summed E-state index contributed by atoms with van der Waals surface area (Å²) in [6, 6.07) is 0. The molecule has 0 aromatic carbocycles. The van der Waals surface area contributed by atoms with Gasteiger partial charge in [0.05, 0.1) is 0 Å². The summed E-state index contributed by atoms with van der Waals surface area (Å²) in [5.41, 5.74) is 0. The fraction of sp³-hybridized carbons (Fsp3) is 0.900. The maximum atomic E-state index is 10.8. The van der Waals surface area contributed by atoms with E-state index in [0.717, 1.165) is 25.7 Å². The molecule has 82 valence electrons. The third kappa shape index (κ3) is 7.71. The molecule has 0 radical (unpaired) electrons. The van der Waals surface area contributed by atoms with Crippen molar-refractivity contribution < 1.29 is 9.72 Å². The fourth-order valence-electron chi connectivity index (χ4n) is 1.56. The maximum absolute atomic E-state index is 10.8. The number of hydrogen-bond donors (Lipinski definition) is 0. The van der Waals surface area contributed by atoms with Gasteiger partial charge in [-0.3, -0.25) is 10.1 Å². The van der Waals surface area contributed by atoms with Crippen LogP contribution in [-0.2, 0) is 4.79 Å². The van der Waals surface area contributed by atoms with E-state index in [0.29, 0.717) is 6.42 Å². The minimum atomic E-state index is -0.320. The Morgan fingerprint density at radius 3 is 2.50 bits per heavy atom. The summed E-state index contributed by atoms with van der Waals surface area (Å²) >= 11 is 0. The number of carbonyl (C=O) groups is 1. The Hall–Kier alpha value is -0.930. The van der Waals surface area contributed by atoms with E-state index in [1.165, 1.54) is 6.92 Å². The molecule has 14 heavy (non-hydrogen) atoms. The molecule has 0 N–H and O–H groups in total. The molecule has 0 heterocycles. The van der Waals surface area contributed by atoms with Crippen LogP contribution in [0.4, 0.5) is 0 Å². The van der Waals surface area contributed by atoms with E-state index < -0.39 is 0 Å². The van der Waals surface area contributed by atoms with E-state index in [1.807, 2.05) is 0 Å². The zero-order chi connectivity index (χ0) is 11.0. The van der Waals surface area contributed by atoms with Crippen LogP contribution in [0.2, 0.25) is 0 Å². The summed E-state index contributed by atoms with van der Waals surface area (Å²) < 4.78 is 0. The topological polar surface area (TPSA) is 60.2 Å². The second kappa shape index (κ2) is 7.47. The summed E-state index contributed by atoms with van der Waals surface area (Å²) in [5.74, 6) is -0.0117. The van der Waals surface area contributed by atoms with Gasteiger partial charge >= 0.3 is 0 Å². The van der Waals surface area contributed by atoms with Crippen molar-refractivity contribution in [2.75, 3.05) is 6.54 Å². The Morgan fingerprint density at radius 2 is 2.07 bits per heavy atom. The van der Waals surface area contributed by atoms with Gasteiger partial charge < -0.3 is 4.79 Å². The SMILES string of the molecule is CCCCC[C@@H](CC(C)=O)C[N+](=O)[O-]. The third-order valence-electron chi connectivity index (χ3n) is 2.20. The van der Waals surface area contributed by atoms with E-state index in [9.17, 15) is 14.9 Å². The summed E-state index contributed by atoms with van der Waals surface area (Å²) in [7, 11) is 0. The Balaban J connectivity index is 3.84. The van der Waals surface area contributed by atoms with E-state index in [-0.39, 0.29) is 23.2 Å². The zero-order valence-electron chi connectivity index (χ0n) is 8.99. The summed E-state index contributed by atoms with van der Waals surface area (Å²) in [6.07, 6.45) is 4.33. The van der Waals surface area contributed by atoms with Crippen molar-refractivity contribution in [1.29, 1.82) is 0 Å². The monoisotopic (exact) mass is 201 g/mol. The van der Waals surface area contributed by atoms with E-state index >= 15 is 0 Å².